The molecule has 0 rings (SSSR count). The van der Waals surface area contributed by atoms with Crippen LogP contribution in [0.4, 0.5) is 0 Å². The second-order valence-electron chi connectivity index (χ2n) is 1.64. The highest BCUT2D eigenvalue weighted by molar-refractivity contribution is 6.05. The summed E-state index contributed by atoms with van der Waals surface area (Å²) in [5.74, 6) is 0. The second kappa shape index (κ2) is 5.88. The van der Waals surface area contributed by atoms with Crippen LogP contribution in [0.1, 0.15) is 0 Å². The zero-order chi connectivity index (χ0) is 7.82. The van der Waals surface area contributed by atoms with Crippen LogP contribution >= 0.6 is 0 Å². The summed E-state index contributed by atoms with van der Waals surface area (Å²) in [5.41, 5.74) is 0.601. The van der Waals surface area contributed by atoms with Gasteiger partial charge < -0.3 is 5.23 Å². The molecule has 0 aromatic carbocycles. The molecule has 0 unspecified atom stereocenters. The molecule has 0 aromatic heterocycles. The van der Waals surface area contributed by atoms with Gasteiger partial charge in [-0.25, -0.2) is 0 Å². The summed E-state index contributed by atoms with van der Waals surface area (Å²) in [5, 5.41) is 2.78. The molecular formula is C7H10BNO. The molecule has 0 radical (unpaired) electrons. The molecule has 0 aromatic rings. The van der Waals surface area contributed by atoms with Gasteiger partial charge in [0.05, 0.1) is 0 Å². The third-order valence-electron chi connectivity index (χ3n) is 0.889. The van der Waals surface area contributed by atoms with Crippen LogP contribution in [0.3, 0.4) is 0 Å². The van der Waals surface area contributed by atoms with Crippen molar-refractivity contribution in [3.05, 3.63) is 36.6 Å². The van der Waals surface area contributed by atoms with Crippen molar-refractivity contribution < 1.29 is 4.79 Å². The summed E-state index contributed by atoms with van der Waals surface area (Å²) in [6.07, 6.45) is 7.35. The maximum atomic E-state index is 10.2. The van der Waals surface area contributed by atoms with Gasteiger partial charge in [-0.05, 0) is 12.3 Å². The number of nitrogens with one attached hydrogen (secondary N) is 1. The van der Waals surface area contributed by atoms with E-state index in [1.165, 1.54) is 0 Å². The molecule has 0 aliphatic carbocycles. The molecule has 1 N–H and O–H groups in total. The fourth-order valence-electron chi connectivity index (χ4n) is 0.450. The van der Waals surface area contributed by atoms with Gasteiger partial charge in [-0.15, -0.1) is 0 Å². The largest absolute Gasteiger partial charge is 0.440 e. The van der Waals surface area contributed by atoms with E-state index in [2.05, 4.69) is 11.8 Å². The van der Waals surface area contributed by atoms with Crippen LogP contribution in [0.25, 0.3) is 0 Å². The maximum absolute atomic E-state index is 10.2. The van der Waals surface area contributed by atoms with E-state index in [-0.39, 0.29) is 0 Å². The molecule has 3 heteroatoms. The number of rotatable bonds is 4. The van der Waals surface area contributed by atoms with Crippen LogP contribution in [-0.4, -0.2) is 14.3 Å². The first-order valence-corrected chi connectivity index (χ1v) is 2.97. The Balaban J connectivity index is 4.07. The predicted molar refractivity (Wildman–Crippen MR) is 45.2 cm³/mol. The molecule has 0 amide bonds. The Bertz CT molecular complexity index is 172. The van der Waals surface area contributed by atoms with Crippen molar-refractivity contribution in [2.75, 3.05) is 0 Å². The van der Waals surface area contributed by atoms with Crippen molar-refractivity contribution in [3.63, 3.8) is 0 Å². The molecule has 52 valence electrons. The molecule has 0 atom stereocenters. The number of aldehydes is 1. The van der Waals surface area contributed by atoms with Gasteiger partial charge in [0.1, 0.15) is 6.29 Å². The lowest BCUT2D eigenvalue weighted by atomic mass is 10.2. The Hall–Kier alpha value is -1.25. The normalized spacial score (nSPS) is 11.4. The average Bonchev–Trinajstić information content (AvgIpc) is 1.98. The third kappa shape index (κ3) is 3.72. The standard InChI is InChI=1S/C7H10BNO/c1-2-3-7(6-10)4-5-9-8/h2-6,9H,1,8H2/b5-4+,7-3+. The van der Waals surface area contributed by atoms with Gasteiger partial charge in [0, 0.05) is 5.57 Å². The molecule has 0 aliphatic heterocycles. The zero-order valence-electron chi connectivity index (χ0n) is 6.00. The molecule has 0 fully saturated rings. The molecule has 2 nitrogen and oxygen atoms in total. The minimum atomic E-state index is 0.601. The lowest BCUT2D eigenvalue weighted by Gasteiger charge is -1.86. The molecule has 0 spiro atoms. The smallest absolute Gasteiger partial charge is 0.213 e. The Labute approximate surface area is 61.7 Å². The topological polar surface area (TPSA) is 29.1 Å². The molecule has 0 heterocycles. The molecule has 10 heavy (non-hydrogen) atoms. The monoisotopic (exact) mass is 135 g/mol. The van der Waals surface area contributed by atoms with Crippen LogP contribution in [0.15, 0.2) is 36.6 Å². The zero-order valence-corrected chi connectivity index (χ0v) is 6.00. The van der Waals surface area contributed by atoms with E-state index in [1.807, 2.05) is 0 Å². The summed E-state index contributed by atoms with van der Waals surface area (Å²) in [6.45, 7) is 3.47. The van der Waals surface area contributed by atoms with E-state index in [9.17, 15) is 4.79 Å². The third-order valence-corrected chi connectivity index (χ3v) is 0.889. The summed E-state index contributed by atoms with van der Waals surface area (Å²) in [4.78, 5) is 10.2. The van der Waals surface area contributed by atoms with Crippen molar-refractivity contribution in [2.45, 2.75) is 0 Å². The van der Waals surface area contributed by atoms with Crippen molar-refractivity contribution in [1.29, 1.82) is 0 Å². The van der Waals surface area contributed by atoms with Crippen LogP contribution in [-0.2, 0) is 4.79 Å². The highest BCUT2D eigenvalue weighted by atomic mass is 16.1. The van der Waals surface area contributed by atoms with E-state index in [1.54, 1.807) is 32.4 Å². The Morgan fingerprint density at radius 1 is 1.60 bits per heavy atom. The van der Waals surface area contributed by atoms with Gasteiger partial charge in [-0.3, -0.25) is 4.79 Å². The Kier molecular flexibility index (Phi) is 5.15. The number of carbonyl (C=O) groups excluding carboxylic acids is 1. The van der Waals surface area contributed by atoms with Gasteiger partial charge in [0.2, 0.25) is 7.98 Å². The van der Waals surface area contributed by atoms with E-state index in [4.69, 9.17) is 0 Å². The van der Waals surface area contributed by atoms with Gasteiger partial charge in [0.25, 0.3) is 0 Å². The minimum absolute atomic E-state index is 0.601. The van der Waals surface area contributed by atoms with Gasteiger partial charge in [-0.2, -0.15) is 0 Å². The highest BCUT2D eigenvalue weighted by Gasteiger charge is 1.82. The minimum Gasteiger partial charge on any atom is -0.440 e. The quantitative estimate of drug-likeness (QED) is 0.253. The Morgan fingerprint density at radius 3 is 2.70 bits per heavy atom. The number of hydrogen-bond acceptors (Lipinski definition) is 2. The molecular weight excluding hydrogens is 125 g/mol. The van der Waals surface area contributed by atoms with E-state index >= 15 is 0 Å². The predicted octanol–water partition coefficient (Wildman–Crippen LogP) is -0.0509. The van der Waals surface area contributed by atoms with Crippen molar-refractivity contribution in [1.82, 2.24) is 5.23 Å². The molecule has 0 saturated heterocycles. The summed E-state index contributed by atoms with van der Waals surface area (Å²) in [7, 11) is 1.77. The van der Waals surface area contributed by atoms with Crippen LogP contribution in [0, 0.1) is 0 Å². The van der Waals surface area contributed by atoms with Crippen molar-refractivity contribution >= 4 is 14.3 Å². The summed E-state index contributed by atoms with van der Waals surface area (Å²) in [6, 6.07) is 0. The van der Waals surface area contributed by atoms with E-state index in [0.717, 1.165) is 6.29 Å². The van der Waals surface area contributed by atoms with Crippen molar-refractivity contribution in [3.8, 4) is 0 Å². The number of hydrogen-bond donors (Lipinski definition) is 1. The van der Waals surface area contributed by atoms with Crippen molar-refractivity contribution in [2.24, 2.45) is 0 Å². The van der Waals surface area contributed by atoms with Crippen LogP contribution in [0.5, 0.6) is 0 Å². The molecule has 0 saturated carbocycles. The lowest BCUT2D eigenvalue weighted by molar-refractivity contribution is -0.104. The average molecular weight is 135 g/mol. The number of allylic oxidation sites excluding steroid dienone is 4. The Morgan fingerprint density at radius 2 is 2.30 bits per heavy atom. The SMILES string of the molecule is BN/C=C/C(C=O)=C\C=C. The number of carbonyl (C=O) groups is 1. The highest BCUT2D eigenvalue weighted by Crippen LogP contribution is 1.90. The summed E-state index contributed by atoms with van der Waals surface area (Å²) >= 11 is 0. The summed E-state index contributed by atoms with van der Waals surface area (Å²) < 4.78 is 0. The first-order valence-electron chi connectivity index (χ1n) is 2.97. The van der Waals surface area contributed by atoms with Gasteiger partial charge >= 0.3 is 0 Å². The first-order chi connectivity index (χ1) is 4.85. The second-order valence-corrected chi connectivity index (χ2v) is 1.64. The van der Waals surface area contributed by atoms with E-state index in [0.29, 0.717) is 5.57 Å². The molecule has 0 bridgehead atoms. The van der Waals surface area contributed by atoms with Crippen LogP contribution in [0.2, 0.25) is 0 Å². The fourth-order valence-corrected chi connectivity index (χ4v) is 0.450. The van der Waals surface area contributed by atoms with Gasteiger partial charge in [0.15, 0.2) is 0 Å². The van der Waals surface area contributed by atoms with Crippen LogP contribution < -0.4 is 5.23 Å². The van der Waals surface area contributed by atoms with Gasteiger partial charge in [-0.1, -0.05) is 18.7 Å². The maximum Gasteiger partial charge on any atom is 0.213 e. The van der Waals surface area contributed by atoms with E-state index < -0.39 is 0 Å². The first kappa shape index (κ1) is 8.75. The fraction of sp³-hybridized carbons (Fsp3) is 0. The lowest BCUT2D eigenvalue weighted by Crippen LogP contribution is -1.95. The molecule has 0 aliphatic rings.